The average Bonchev–Trinajstić information content (AvgIpc) is 3.46. The molecule has 1 aliphatic heterocycles. The Labute approximate surface area is 140 Å². The number of rotatable bonds is 2. The summed E-state index contributed by atoms with van der Waals surface area (Å²) in [4.78, 5) is 15.1. The van der Waals surface area contributed by atoms with Crippen molar-refractivity contribution in [2.24, 2.45) is 0 Å². The van der Waals surface area contributed by atoms with E-state index < -0.39 is 0 Å². The van der Waals surface area contributed by atoms with Crippen molar-refractivity contribution in [1.29, 1.82) is 0 Å². The lowest BCUT2D eigenvalue weighted by atomic mass is 9.98. The third kappa shape index (κ3) is 2.01. The van der Waals surface area contributed by atoms with E-state index in [9.17, 15) is 4.79 Å². The lowest BCUT2D eigenvalue weighted by Crippen LogP contribution is -2.44. The van der Waals surface area contributed by atoms with Crippen molar-refractivity contribution in [3.8, 4) is 0 Å². The maximum atomic E-state index is 13.1. The first-order chi connectivity index (χ1) is 11.8. The van der Waals surface area contributed by atoms with Crippen LogP contribution in [0.4, 0.5) is 5.69 Å². The van der Waals surface area contributed by atoms with Crippen LogP contribution in [0.3, 0.4) is 0 Å². The summed E-state index contributed by atoms with van der Waals surface area (Å²) < 4.78 is 0. The highest BCUT2D eigenvalue weighted by molar-refractivity contribution is 6.02. The number of benzene rings is 3. The quantitative estimate of drug-likeness (QED) is 0.751. The molecule has 24 heavy (non-hydrogen) atoms. The zero-order valence-corrected chi connectivity index (χ0v) is 13.3. The van der Waals surface area contributed by atoms with Gasteiger partial charge in [0.1, 0.15) is 6.17 Å². The topological polar surface area (TPSA) is 32.3 Å². The molecule has 0 spiro atoms. The summed E-state index contributed by atoms with van der Waals surface area (Å²) in [6.45, 7) is 0. The van der Waals surface area contributed by atoms with E-state index in [1.807, 2.05) is 29.2 Å². The Morgan fingerprint density at radius 2 is 1.62 bits per heavy atom. The van der Waals surface area contributed by atoms with Crippen LogP contribution in [-0.2, 0) is 0 Å². The summed E-state index contributed by atoms with van der Waals surface area (Å²) in [6, 6.07) is 22.9. The molecule has 0 unspecified atom stereocenters. The molecular formula is C21H18N2O. The van der Waals surface area contributed by atoms with Crippen molar-refractivity contribution in [2.75, 3.05) is 5.32 Å². The van der Waals surface area contributed by atoms with Crippen molar-refractivity contribution >= 4 is 22.4 Å². The summed E-state index contributed by atoms with van der Waals surface area (Å²) in [5.74, 6) is 0.143. The Balaban J connectivity index is 1.70. The fourth-order valence-corrected chi connectivity index (χ4v) is 3.71. The minimum atomic E-state index is -0.106. The van der Waals surface area contributed by atoms with Crippen molar-refractivity contribution in [1.82, 2.24) is 4.90 Å². The summed E-state index contributed by atoms with van der Waals surface area (Å²) >= 11 is 0. The fraction of sp³-hybridized carbons (Fsp3) is 0.190. The van der Waals surface area contributed by atoms with Gasteiger partial charge in [0.15, 0.2) is 0 Å². The molecule has 1 atom stereocenters. The van der Waals surface area contributed by atoms with Gasteiger partial charge in [-0.25, -0.2) is 0 Å². The number of nitrogens with one attached hydrogen (secondary N) is 1. The van der Waals surface area contributed by atoms with Gasteiger partial charge >= 0.3 is 0 Å². The summed E-state index contributed by atoms with van der Waals surface area (Å²) in [6.07, 6.45) is 2.08. The van der Waals surface area contributed by atoms with E-state index in [4.69, 9.17) is 0 Å². The predicted molar refractivity (Wildman–Crippen MR) is 95.9 cm³/mol. The zero-order valence-electron chi connectivity index (χ0n) is 13.3. The number of fused-ring (bicyclic) bond motifs is 2. The number of anilines is 1. The molecule has 1 aliphatic carbocycles. The molecule has 118 valence electrons. The standard InChI is InChI=1S/C21H18N2O/c24-21-18-9-3-4-11-19(18)22-20(23(21)15-12-13-15)17-10-5-7-14-6-1-2-8-16(14)17/h1-11,15,20,22H,12-13H2/t20-/m0/s1. The molecule has 1 fully saturated rings. The van der Waals surface area contributed by atoms with E-state index in [1.54, 1.807) is 0 Å². The number of hydrogen-bond donors (Lipinski definition) is 1. The van der Waals surface area contributed by atoms with Crippen LogP contribution in [0.15, 0.2) is 66.7 Å². The second-order valence-corrected chi connectivity index (χ2v) is 6.60. The van der Waals surface area contributed by atoms with Crippen LogP contribution in [0.2, 0.25) is 0 Å². The number of nitrogens with zero attached hydrogens (tertiary/aromatic N) is 1. The van der Waals surface area contributed by atoms with E-state index in [0.29, 0.717) is 6.04 Å². The van der Waals surface area contributed by atoms with E-state index >= 15 is 0 Å². The Hall–Kier alpha value is -2.81. The van der Waals surface area contributed by atoms with Crippen molar-refractivity contribution in [3.63, 3.8) is 0 Å². The van der Waals surface area contributed by atoms with E-state index in [-0.39, 0.29) is 12.1 Å². The summed E-state index contributed by atoms with van der Waals surface area (Å²) in [5, 5.41) is 6.02. The predicted octanol–water partition coefficient (Wildman–Crippen LogP) is 4.57. The van der Waals surface area contributed by atoms with Gasteiger partial charge in [-0.2, -0.15) is 0 Å². The largest absolute Gasteiger partial charge is 0.361 e. The number of amides is 1. The number of carbonyl (C=O) groups is 1. The average molecular weight is 314 g/mol. The Morgan fingerprint density at radius 1 is 0.875 bits per heavy atom. The minimum Gasteiger partial charge on any atom is -0.361 e. The van der Waals surface area contributed by atoms with E-state index in [1.165, 1.54) is 16.3 Å². The molecule has 5 rings (SSSR count). The highest BCUT2D eigenvalue weighted by Gasteiger charge is 2.42. The van der Waals surface area contributed by atoms with Gasteiger partial charge in [-0.1, -0.05) is 54.6 Å². The van der Waals surface area contributed by atoms with Gasteiger partial charge in [0.2, 0.25) is 0 Å². The molecule has 0 aromatic heterocycles. The van der Waals surface area contributed by atoms with Gasteiger partial charge < -0.3 is 10.2 Å². The maximum absolute atomic E-state index is 13.1. The number of para-hydroxylation sites is 1. The Bertz CT molecular complexity index is 940. The molecule has 0 saturated heterocycles. The molecule has 0 bridgehead atoms. The molecule has 3 aromatic rings. The minimum absolute atomic E-state index is 0.106. The first kappa shape index (κ1) is 13.6. The van der Waals surface area contributed by atoms with E-state index in [2.05, 4.69) is 47.8 Å². The monoisotopic (exact) mass is 314 g/mol. The first-order valence-corrected chi connectivity index (χ1v) is 8.49. The molecule has 1 N–H and O–H groups in total. The molecule has 1 saturated carbocycles. The maximum Gasteiger partial charge on any atom is 0.258 e. The molecule has 1 amide bonds. The fourth-order valence-electron chi connectivity index (χ4n) is 3.71. The molecule has 3 nitrogen and oxygen atoms in total. The smallest absolute Gasteiger partial charge is 0.258 e. The highest BCUT2D eigenvalue weighted by atomic mass is 16.2. The molecule has 2 aliphatic rings. The van der Waals surface area contributed by atoms with Crippen LogP contribution in [0.5, 0.6) is 0 Å². The molecule has 1 heterocycles. The molecule has 3 aromatic carbocycles. The SMILES string of the molecule is O=C1c2ccccc2N[C@H](c2cccc3ccccc23)N1C1CC1. The highest BCUT2D eigenvalue weighted by Crippen LogP contribution is 2.42. The summed E-state index contributed by atoms with van der Waals surface area (Å²) in [5.41, 5.74) is 2.88. The normalized spacial score (nSPS) is 19.9. The van der Waals surface area contributed by atoms with Crippen LogP contribution in [0.25, 0.3) is 10.8 Å². The van der Waals surface area contributed by atoms with Gasteiger partial charge in [0.25, 0.3) is 5.91 Å². The zero-order chi connectivity index (χ0) is 16.1. The van der Waals surface area contributed by atoms with Crippen molar-refractivity contribution < 1.29 is 4.79 Å². The van der Waals surface area contributed by atoms with Gasteiger partial charge in [-0.15, -0.1) is 0 Å². The molecular weight excluding hydrogens is 296 g/mol. The van der Waals surface area contributed by atoms with E-state index in [0.717, 1.165) is 24.1 Å². The van der Waals surface area contributed by atoms with Gasteiger partial charge in [0.05, 0.1) is 5.56 Å². The lowest BCUT2D eigenvalue weighted by Gasteiger charge is -2.39. The summed E-state index contributed by atoms with van der Waals surface area (Å²) in [7, 11) is 0. The van der Waals surface area contributed by atoms with Crippen molar-refractivity contribution in [2.45, 2.75) is 25.0 Å². The van der Waals surface area contributed by atoms with Crippen LogP contribution in [-0.4, -0.2) is 16.8 Å². The number of carbonyl (C=O) groups excluding carboxylic acids is 1. The molecule has 0 radical (unpaired) electrons. The molecule has 3 heteroatoms. The third-order valence-electron chi connectivity index (χ3n) is 5.02. The Kier molecular flexibility index (Phi) is 2.89. The van der Waals surface area contributed by atoms with Crippen LogP contribution in [0, 0.1) is 0 Å². The van der Waals surface area contributed by atoms with Crippen LogP contribution < -0.4 is 5.32 Å². The van der Waals surface area contributed by atoms with Crippen molar-refractivity contribution in [3.05, 3.63) is 77.9 Å². The Morgan fingerprint density at radius 3 is 2.50 bits per heavy atom. The second kappa shape index (κ2) is 5.10. The van der Waals surface area contributed by atoms with Gasteiger partial charge in [-0.05, 0) is 35.7 Å². The first-order valence-electron chi connectivity index (χ1n) is 8.49. The number of hydrogen-bond acceptors (Lipinski definition) is 2. The lowest BCUT2D eigenvalue weighted by molar-refractivity contribution is 0.0667. The van der Waals surface area contributed by atoms with Gasteiger partial charge in [-0.3, -0.25) is 4.79 Å². The van der Waals surface area contributed by atoms with Crippen LogP contribution >= 0.6 is 0 Å². The van der Waals surface area contributed by atoms with Gasteiger partial charge in [0, 0.05) is 17.3 Å². The van der Waals surface area contributed by atoms with Crippen LogP contribution in [0.1, 0.15) is 34.9 Å². The second-order valence-electron chi connectivity index (χ2n) is 6.60. The third-order valence-corrected chi connectivity index (χ3v) is 5.02.